The van der Waals surface area contributed by atoms with E-state index in [9.17, 15) is 19.6 Å². The molecule has 0 spiro atoms. The van der Waals surface area contributed by atoms with Gasteiger partial charge in [-0.25, -0.2) is 10.2 Å². The third kappa shape index (κ3) is 5.31. The first-order valence-electron chi connectivity index (χ1n) is 9.83. The van der Waals surface area contributed by atoms with Crippen molar-refractivity contribution < 1.29 is 23.8 Å². The number of rotatable bonds is 8. The van der Waals surface area contributed by atoms with Gasteiger partial charge >= 0.3 is 5.97 Å². The van der Waals surface area contributed by atoms with E-state index in [1.807, 2.05) is 6.07 Å². The molecule has 0 saturated heterocycles. The standard InChI is InChI=1S/C23H19BrN4O6/c1-13-21(24)18(12-33-2)17(9-25)22(30)28(13)11-20(29)27-26-10-16-6-7-19(34-16)14-4-3-5-15(8-14)23(31)32/h3-8,10H,11-12H2,1-2H3,(H,27,29)(H,31,32)/b26-10-. The van der Waals surface area contributed by atoms with Crippen molar-refractivity contribution in [3.05, 3.63) is 79.4 Å². The molecule has 1 aromatic carbocycles. The summed E-state index contributed by atoms with van der Waals surface area (Å²) in [5, 5.41) is 22.3. The zero-order valence-electron chi connectivity index (χ0n) is 18.2. The molecule has 3 aromatic rings. The molecule has 0 aliphatic carbocycles. The van der Waals surface area contributed by atoms with Crippen LogP contribution in [0, 0.1) is 18.3 Å². The highest BCUT2D eigenvalue weighted by Gasteiger charge is 2.19. The van der Waals surface area contributed by atoms with Crippen molar-refractivity contribution in [1.29, 1.82) is 5.26 Å². The molecule has 34 heavy (non-hydrogen) atoms. The van der Waals surface area contributed by atoms with E-state index in [0.717, 1.165) is 0 Å². The fourth-order valence-electron chi connectivity index (χ4n) is 3.18. The van der Waals surface area contributed by atoms with Crippen molar-refractivity contribution in [2.75, 3.05) is 7.11 Å². The SMILES string of the molecule is COCc1c(Br)c(C)n(CC(=O)N/N=C\c2ccc(-c3cccc(C(=O)O)c3)o2)c(=O)c1C#N. The van der Waals surface area contributed by atoms with Crippen molar-refractivity contribution in [3.8, 4) is 17.4 Å². The number of amides is 1. The summed E-state index contributed by atoms with van der Waals surface area (Å²) in [6.45, 7) is 1.36. The average Bonchev–Trinajstić information content (AvgIpc) is 3.29. The number of aromatic carboxylic acids is 1. The van der Waals surface area contributed by atoms with Gasteiger partial charge in [0.1, 0.15) is 29.7 Å². The van der Waals surface area contributed by atoms with Crippen LogP contribution in [0.4, 0.5) is 0 Å². The molecule has 11 heteroatoms. The van der Waals surface area contributed by atoms with E-state index >= 15 is 0 Å². The number of ether oxygens (including phenoxy) is 1. The number of benzene rings is 1. The number of carboxylic acid groups (broad SMARTS) is 1. The molecule has 0 unspecified atom stereocenters. The third-order valence-electron chi connectivity index (χ3n) is 4.85. The summed E-state index contributed by atoms with van der Waals surface area (Å²) < 4.78 is 12.4. The smallest absolute Gasteiger partial charge is 0.335 e. The Morgan fingerprint density at radius 1 is 1.35 bits per heavy atom. The maximum atomic E-state index is 12.7. The summed E-state index contributed by atoms with van der Waals surface area (Å²) in [6.07, 6.45) is 1.27. The maximum absolute atomic E-state index is 12.7. The molecule has 0 atom stereocenters. The largest absolute Gasteiger partial charge is 0.478 e. The summed E-state index contributed by atoms with van der Waals surface area (Å²) in [7, 11) is 1.45. The maximum Gasteiger partial charge on any atom is 0.335 e. The van der Waals surface area contributed by atoms with E-state index in [1.165, 1.54) is 30.0 Å². The molecule has 0 radical (unpaired) electrons. The van der Waals surface area contributed by atoms with Gasteiger partial charge in [0, 0.05) is 28.4 Å². The lowest BCUT2D eigenvalue weighted by Crippen LogP contribution is -2.33. The first kappa shape index (κ1) is 24.6. The Bertz CT molecular complexity index is 1380. The molecule has 0 saturated carbocycles. The summed E-state index contributed by atoms with van der Waals surface area (Å²) in [6, 6.07) is 11.4. The Morgan fingerprint density at radius 2 is 2.12 bits per heavy atom. The number of nitriles is 1. The number of methoxy groups -OCH3 is 1. The Labute approximate surface area is 202 Å². The number of hydrogen-bond donors (Lipinski definition) is 2. The Balaban J connectivity index is 1.72. The number of aromatic nitrogens is 1. The summed E-state index contributed by atoms with van der Waals surface area (Å²) in [5.74, 6) is -0.877. The Morgan fingerprint density at radius 3 is 2.79 bits per heavy atom. The number of halogens is 1. The molecular formula is C23H19BrN4O6. The van der Waals surface area contributed by atoms with E-state index in [2.05, 4.69) is 26.5 Å². The van der Waals surface area contributed by atoms with E-state index < -0.39 is 17.4 Å². The highest BCUT2D eigenvalue weighted by Crippen LogP contribution is 2.24. The van der Waals surface area contributed by atoms with Crippen LogP contribution in [-0.2, 0) is 22.7 Å². The fourth-order valence-corrected chi connectivity index (χ4v) is 3.70. The van der Waals surface area contributed by atoms with Crippen LogP contribution in [0.5, 0.6) is 0 Å². The number of carboxylic acids is 1. The lowest BCUT2D eigenvalue weighted by atomic mass is 10.1. The second-order valence-electron chi connectivity index (χ2n) is 7.07. The van der Waals surface area contributed by atoms with Crippen LogP contribution in [0.2, 0.25) is 0 Å². The van der Waals surface area contributed by atoms with Gasteiger partial charge in [-0.3, -0.25) is 9.59 Å². The van der Waals surface area contributed by atoms with Crippen LogP contribution in [0.15, 0.2) is 55.2 Å². The molecule has 0 aliphatic rings. The minimum absolute atomic E-state index is 0.0720. The zero-order valence-corrected chi connectivity index (χ0v) is 19.7. The monoisotopic (exact) mass is 526 g/mol. The molecule has 2 N–H and O–H groups in total. The first-order valence-corrected chi connectivity index (χ1v) is 10.6. The quantitative estimate of drug-likeness (QED) is 0.338. The van der Waals surface area contributed by atoms with Crippen molar-refractivity contribution in [2.45, 2.75) is 20.1 Å². The second kappa shape index (κ2) is 10.7. The Hall–Kier alpha value is -4.01. The van der Waals surface area contributed by atoms with Crippen LogP contribution in [-0.4, -0.2) is 34.9 Å². The van der Waals surface area contributed by atoms with E-state index in [0.29, 0.717) is 32.8 Å². The van der Waals surface area contributed by atoms with Crippen molar-refractivity contribution in [2.24, 2.45) is 5.10 Å². The van der Waals surface area contributed by atoms with Crippen LogP contribution >= 0.6 is 15.9 Å². The van der Waals surface area contributed by atoms with Gasteiger partial charge in [-0.2, -0.15) is 10.4 Å². The molecule has 0 fully saturated rings. The predicted octanol–water partition coefficient (Wildman–Crippen LogP) is 3.05. The molecule has 2 aromatic heterocycles. The van der Waals surface area contributed by atoms with E-state index in [-0.39, 0.29) is 24.3 Å². The molecule has 10 nitrogen and oxygen atoms in total. The number of carbonyl (C=O) groups is 2. The van der Waals surface area contributed by atoms with Gasteiger partial charge < -0.3 is 18.8 Å². The zero-order chi connectivity index (χ0) is 24.8. The van der Waals surface area contributed by atoms with Gasteiger partial charge in [-0.15, -0.1) is 0 Å². The van der Waals surface area contributed by atoms with Crippen LogP contribution in [0.25, 0.3) is 11.3 Å². The first-order chi connectivity index (χ1) is 16.3. The van der Waals surface area contributed by atoms with Crippen molar-refractivity contribution in [1.82, 2.24) is 9.99 Å². The fraction of sp³-hybridized carbons (Fsp3) is 0.174. The van der Waals surface area contributed by atoms with Gasteiger partial charge in [-0.1, -0.05) is 12.1 Å². The predicted molar refractivity (Wildman–Crippen MR) is 125 cm³/mol. The minimum Gasteiger partial charge on any atom is -0.478 e. The summed E-state index contributed by atoms with van der Waals surface area (Å²) in [4.78, 5) is 36.2. The number of hydrogen-bond acceptors (Lipinski definition) is 7. The molecule has 3 rings (SSSR count). The highest BCUT2D eigenvalue weighted by molar-refractivity contribution is 9.10. The normalized spacial score (nSPS) is 10.9. The summed E-state index contributed by atoms with van der Waals surface area (Å²) in [5.41, 5.74) is 3.20. The van der Waals surface area contributed by atoms with Crippen molar-refractivity contribution in [3.63, 3.8) is 0 Å². The average molecular weight is 527 g/mol. The highest BCUT2D eigenvalue weighted by atomic mass is 79.9. The molecule has 1 amide bonds. The van der Waals surface area contributed by atoms with Crippen molar-refractivity contribution >= 4 is 34.0 Å². The van der Waals surface area contributed by atoms with Gasteiger partial charge in [0.25, 0.3) is 11.5 Å². The summed E-state index contributed by atoms with van der Waals surface area (Å²) >= 11 is 3.37. The number of furan rings is 1. The van der Waals surface area contributed by atoms with E-state index in [1.54, 1.807) is 31.2 Å². The topological polar surface area (TPSA) is 147 Å². The molecule has 0 bridgehead atoms. The van der Waals surface area contributed by atoms with Crippen LogP contribution in [0.1, 0.15) is 32.9 Å². The number of pyridine rings is 1. The molecular weight excluding hydrogens is 508 g/mol. The van der Waals surface area contributed by atoms with E-state index in [4.69, 9.17) is 14.3 Å². The minimum atomic E-state index is -1.05. The van der Waals surface area contributed by atoms with Gasteiger partial charge in [0.15, 0.2) is 0 Å². The van der Waals surface area contributed by atoms with Gasteiger partial charge in [0.05, 0.1) is 18.4 Å². The van der Waals surface area contributed by atoms with Gasteiger partial charge in [-0.05, 0) is 47.1 Å². The lowest BCUT2D eigenvalue weighted by molar-refractivity contribution is -0.121. The molecule has 2 heterocycles. The van der Waals surface area contributed by atoms with Crippen LogP contribution < -0.4 is 11.0 Å². The van der Waals surface area contributed by atoms with Gasteiger partial charge in [0.2, 0.25) is 0 Å². The number of hydrazone groups is 1. The number of nitrogens with zero attached hydrogens (tertiary/aromatic N) is 3. The molecule has 0 aliphatic heterocycles. The number of nitrogens with one attached hydrogen (secondary N) is 1. The third-order valence-corrected chi connectivity index (χ3v) is 5.90. The Kier molecular flexibility index (Phi) is 7.78. The number of carbonyl (C=O) groups excluding carboxylic acids is 1. The molecule has 174 valence electrons. The second-order valence-corrected chi connectivity index (χ2v) is 7.86. The van der Waals surface area contributed by atoms with Crippen LogP contribution in [0.3, 0.4) is 0 Å². The lowest BCUT2D eigenvalue weighted by Gasteiger charge is -2.15.